The summed E-state index contributed by atoms with van der Waals surface area (Å²) in [5.41, 5.74) is 3.66. The summed E-state index contributed by atoms with van der Waals surface area (Å²) in [7, 11) is 2.89. The predicted molar refractivity (Wildman–Crippen MR) is 194 cm³/mol. The summed E-state index contributed by atoms with van der Waals surface area (Å²) in [4.78, 5) is 0. The molecule has 0 unspecified atom stereocenters. The van der Waals surface area contributed by atoms with E-state index in [-0.39, 0.29) is 24.4 Å². The highest BCUT2D eigenvalue weighted by Gasteiger charge is 2.33. The van der Waals surface area contributed by atoms with Crippen LogP contribution in [0.15, 0.2) is 84.9 Å². The van der Waals surface area contributed by atoms with Gasteiger partial charge in [-0.25, -0.2) is 0 Å². The molecule has 246 valence electrons. The van der Waals surface area contributed by atoms with E-state index in [4.69, 9.17) is 42.1 Å². The molecule has 0 aliphatic rings. The van der Waals surface area contributed by atoms with Crippen molar-refractivity contribution in [2.45, 2.75) is 65.6 Å². The fourth-order valence-corrected chi connectivity index (χ4v) is 8.11. The van der Waals surface area contributed by atoms with Gasteiger partial charge in [-0.2, -0.15) is 0 Å². The van der Waals surface area contributed by atoms with Gasteiger partial charge in [0.25, 0.3) is 0 Å². The van der Waals surface area contributed by atoms with E-state index >= 15 is 0 Å². The summed E-state index contributed by atoms with van der Waals surface area (Å²) in [6.45, 7) is 14.0. The second-order valence-electron chi connectivity index (χ2n) is 13.5. The van der Waals surface area contributed by atoms with E-state index in [2.05, 4.69) is 60.3 Å². The van der Waals surface area contributed by atoms with Gasteiger partial charge in [0.1, 0.15) is 11.5 Å². The molecule has 0 bridgehead atoms. The molecule has 0 fully saturated rings. The van der Waals surface area contributed by atoms with Crippen LogP contribution in [0.4, 0.5) is 0 Å². The van der Waals surface area contributed by atoms with Gasteiger partial charge < -0.3 is 18.9 Å². The SMILES string of the molecule is CN(C)P(c1cc(Cl)cc(C(C)(C)C)c1OCOCc1ccccc1)c1cc(Cl)cc(C(C)(C)C)c1OCOCc1ccccc1. The molecular weight excluding hydrogens is 636 g/mol. The van der Waals surface area contributed by atoms with Gasteiger partial charge >= 0.3 is 0 Å². The maximum Gasteiger partial charge on any atom is 0.189 e. The number of benzene rings is 4. The van der Waals surface area contributed by atoms with Gasteiger partial charge in [0, 0.05) is 39.9 Å². The molecule has 0 radical (unpaired) electrons. The van der Waals surface area contributed by atoms with Crippen LogP contribution in [0.3, 0.4) is 0 Å². The summed E-state index contributed by atoms with van der Waals surface area (Å²) >= 11 is 13.7. The van der Waals surface area contributed by atoms with Crippen molar-refractivity contribution < 1.29 is 18.9 Å². The van der Waals surface area contributed by atoms with Crippen molar-refractivity contribution in [2.24, 2.45) is 0 Å². The molecule has 4 rings (SSSR count). The van der Waals surface area contributed by atoms with E-state index in [0.29, 0.717) is 23.3 Å². The molecule has 0 saturated heterocycles. The quantitative estimate of drug-likeness (QED) is 0.0798. The minimum absolute atomic E-state index is 0.0860. The number of halogens is 2. The first kappa shape index (κ1) is 36.2. The van der Waals surface area contributed by atoms with E-state index in [9.17, 15) is 0 Å². The van der Waals surface area contributed by atoms with E-state index in [1.54, 1.807) is 0 Å². The van der Waals surface area contributed by atoms with Gasteiger partial charge in [0.05, 0.1) is 13.2 Å². The number of rotatable bonds is 13. The van der Waals surface area contributed by atoms with Crippen molar-refractivity contribution >= 4 is 41.9 Å². The first-order valence-corrected chi connectivity index (χ1v) is 17.4. The Morgan fingerprint density at radius 1 is 0.587 bits per heavy atom. The van der Waals surface area contributed by atoms with Gasteiger partial charge in [0.2, 0.25) is 0 Å². The lowest BCUT2D eigenvalue weighted by Gasteiger charge is -2.33. The molecule has 46 heavy (non-hydrogen) atoms. The number of hydrogen-bond acceptors (Lipinski definition) is 5. The zero-order valence-electron chi connectivity index (χ0n) is 28.2. The van der Waals surface area contributed by atoms with Gasteiger partial charge in [-0.1, -0.05) is 125 Å². The van der Waals surface area contributed by atoms with Crippen molar-refractivity contribution in [1.82, 2.24) is 4.67 Å². The highest BCUT2D eigenvalue weighted by atomic mass is 35.5. The third-order valence-corrected chi connectivity index (χ3v) is 10.2. The molecule has 0 spiro atoms. The van der Waals surface area contributed by atoms with Crippen molar-refractivity contribution in [1.29, 1.82) is 0 Å². The Hall–Kier alpha value is -2.63. The molecular formula is C38H46Cl2NO4P. The normalized spacial score (nSPS) is 12.2. The fourth-order valence-electron chi connectivity index (χ4n) is 5.12. The van der Waals surface area contributed by atoms with E-state index in [0.717, 1.165) is 44.4 Å². The van der Waals surface area contributed by atoms with E-state index in [1.165, 1.54) is 0 Å². The zero-order valence-corrected chi connectivity index (χ0v) is 30.6. The molecule has 0 amide bonds. The molecule has 4 aromatic carbocycles. The van der Waals surface area contributed by atoms with E-state index in [1.807, 2.05) is 84.9 Å². The first-order chi connectivity index (χ1) is 21.8. The lowest BCUT2D eigenvalue weighted by molar-refractivity contribution is 0.00472. The van der Waals surface area contributed by atoms with E-state index < -0.39 is 8.07 Å². The Morgan fingerprint density at radius 3 is 1.28 bits per heavy atom. The number of hydrogen-bond donors (Lipinski definition) is 0. The maximum absolute atomic E-state index is 6.87. The highest BCUT2D eigenvalue weighted by molar-refractivity contribution is 7.71. The maximum atomic E-state index is 6.87. The highest BCUT2D eigenvalue weighted by Crippen LogP contribution is 2.48. The second-order valence-corrected chi connectivity index (χ2v) is 16.7. The van der Waals surface area contributed by atoms with Crippen molar-refractivity contribution in [2.75, 3.05) is 27.7 Å². The van der Waals surface area contributed by atoms with Crippen LogP contribution < -0.4 is 20.1 Å². The molecule has 4 aromatic rings. The minimum Gasteiger partial charge on any atom is -0.466 e. The van der Waals surface area contributed by atoms with Gasteiger partial charge in [-0.15, -0.1) is 0 Å². The van der Waals surface area contributed by atoms with Crippen LogP contribution in [0.2, 0.25) is 10.0 Å². The second kappa shape index (κ2) is 16.0. The van der Waals surface area contributed by atoms with Gasteiger partial charge in [-0.05, 0) is 60.3 Å². The van der Waals surface area contributed by atoms with Crippen molar-refractivity contribution in [3.8, 4) is 11.5 Å². The third kappa shape index (κ3) is 9.70. The molecule has 0 saturated carbocycles. The average Bonchev–Trinajstić information content (AvgIpc) is 2.98. The molecule has 0 aliphatic heterocycles. The van der Waals surface area contributed by atoms with Crippen LogP contribution in [0.5, 0.6) is 11.5 Å². The Labute approximate surface area is 286 Å². The summed E-state index contributed by atoms with van der Waals surface area (Å²) in [6, 6.07) is 28.1. The molecule has 0 atom stereocenters. The van der Waals surface area contributed by atoms with Crippen LogP contribution in [0, 0.1) is 0 Å². The Kier molecular flexibility index (Phi) is 12.6. The lowest BCUT2D eigenvalue weighted by atomic mass is 9.86. The van der Waals surface area contributed by atoms with Crippen molar-refractivity contribution in [3.63, 3.8) is 0 Å². The van der Waals surface area contributed by atoms with Crippen molar-refractivity contribution in [3.05, 3.63) is 117 Å². The van der Waals surface area contributed by atoms with Gasteiger partial charge in [-0.3, -0.25) is 4.67 Å². The van der Waals surface area contributed by atoms with Gasteiger partial charge in [0.15, 0.2) is 13.6 Å². The monoisotopic (exact) mass is 681 g/mol. The van der Waals surface area contributed by atoms with Crippen LogP contribution in [-0.2, 0) is 33.5 Å². The standard InChI is InChI=1S/C38H46Cl2NO4P/c1-37(2,3)31-19-29(39)21-33(35(31)44-25-42-23-27-15-11-9-12-16-27)46(41(7)8)34-22-30(40)20-32(38(4,5)6)36(34)45-26-43-24-28-17-13-10-14-18-28/h9-22H,23-26H2,1-8H3. The molecule has 0 aromatic heterocycles. The topological polar surface area (TPSA) is 40.2 Å². The summed E-state index contributed by atoms with van der Waals surface area (Å²) in [6.07, 6.45) is 0. The molecule has 0 N–H and O–H groups in total. The summed E-state index contributed by atoms with van der Waals surface area (Å²) < 4.78 is 27.3. The minimum atomic E-state index is -1.24. The number of nitrogens with zero attached hydrogens (tertiary/aromatic N) is 1. The first-order valence-electron chi connectivity index (χ1n) is 15.4. The molecule has 5 nitrogen and oxygen atoms in total. The van der Waals surface area contributed by atoms with Crippen LogP contribution in [-0.4, -0.2) is 32.4 Å². The molecule has 8 heteroatoms. The summed E-state index contributed by atoms with van der Waals surface area (Å²) in [5.74, 6) is 1.52. The smallest absolute Gasteiger partial charge is 0.189 e. The number of ether oxygens (including phenoxy) is 4. The summed E-state index contributed by atoms with van der Waals surface area (Å²) in [5, 5.41) is 3.19. The molecule has 0 aliphatic carbocycles. The Bertz CT molecular complexity index is 1450. The lowest BCUT2D eigenvalue weighted by Crippen LogP contribution is -2.30. The third-order valence-electron chi connectivity index (χ3n) is 7.34. The Morgan fingerprint density at radius 2 is 0.957 bits per heavy atom. The molecule has 0 heterocycles. The predicted octanol–water partition coefficient (Wildman–Crippen LogP) is 9.60. The van der Waals surface area contributed by atoms with Crippen LogP contribution in [0.1, 0.15) is 63.8 Å². The van der Waals surface area contributed by atoms with Crippen LogP contribution >= 0.6 is 31.3 Å². The average molecular weight is 683 g/mol. The zero-order chi connectivity index (χ0) is 33.5. The van der Waals surface area contributed by atoms with Crippen LogP contribution in [0.25, 0.3) is 0 Å². The largest absolute Gasteiger partial charge is 0.466 e. The fraction of sp³-hybridized carbons (Fsp3) is 0.368. The Balaban J connectivity index is 1.77.